The van der Waals surface area contributed by atoms with Gasteiger partial charge < -0.3 is 5.32 Å². The number of aromatic nitrogens is 2. The number of hydrogen-bond donors (Lipinski definition) is 1. The van der Waals surface area contributed by atoms with Crippen LogP contribution in [0.3, 0.4) is 0 Å². The Hall–Kier alpha value is -0.740. The van der Waals surface area contributed by atoms with E-state index in [1.54, 1.807) is 0 Å². The number of aryl methyl sites for hydroxylation is 1. The SMILES string of the molecule is CNC(C=C(C)C)c1snnc1C. The monoisotopic (exact) mass is 197 g/mol. The van der Waals surface area contributed by atoms with Crippen molar-refractivity contribution in [2.24, 2.45) is 0 Å². The zero-order valence-corrected chi connectivity index (χ0v) is 9.27. The molecule has 0 aliphatic heterocycles. The van der Waals surface area contributed by atoms with E-state index in [2.05, 4.69) is 34.8 Å². The van der Waals surface area contributed by atoms with Gasteiger partial charge in [0.15, 0.2) is 0 Å². The molecule has 0 aliphatic rings. The molecule has 0 fully saturated rings. The summed E-state index contributed by atoms with van der Waals surface area (Å²) in [4.78, 5) is 1.20. The fourth-order valence-corrected chi connectivity index (χ4v) is 1.87. The van der Waals surface area contributed by atoms with Crippen LogP contribution in [0.2, 0.25) is 0 Å². The van der Waals surface area contributed by atoms with Crippen molar-refractivity contribution < 1.29 is 0 Å². The highest BCUT2D eigenvalue weighted by molar-refractivity contribution is 7.05. The van der Waals surface area contributed by atoms with Crippen molar-refractivity contribution in [3.63, 3.8) is 0 Å². The van der Waals surface area contributed by atoms with Gasteiger partial charge in [-0.05, 0) is 39.4 Å². The molecular weight excluding hydrogens is 182 g/mol. The number of nitrogens with one attached hydrogen (secondary N) is 1. The van der Waals surface area contributed by atoms with E-state index in [0.29, 0.717) is 0 Å². The highest BCUT2D eigenvalue weighted by atomic mass is 32.1. The van der Waals surface area contributed by atoms with Gasteiger partial charge in [-0.15, -0.1) is 5.10 Å². The van der Waals surface area contributed by atoms with E-state index in [4.69, 9.17) is 0 Å². The fraction of sp³-hybridized carbons (Fsp3) is 0.556. The van der Waals surface area contributed by atoms with E-state index in [1.165, 1.54) is 22.0 Å². The molecule has 0 bridgehead atoms. The molecule has 4 heteroatoms. The molecule has 3 nitrogen and oxygen atoms in total. The van der Waals surface area contributed by atoms with Gasteiger partial charge in [0.1, 0.15) is 0 Å². The number of allylic oxidation sites excluding steroid dienone is 1. The van der Waals surface area contributed by atoms with Crippen molar-refractivity contribution in [1.29, 1.82) is 0 Å². The molecule has 1 N–H and O–H groups in total. The molecule has 13 heavy (non-hydrogen) atoms. The number of rotatable bonds is 3. The molecule has 0 radical (unpaired) electrons. The minimum Gasteiger partial charge on any atom is -0.309 e. The second-order valence-electron chi connectivity index (χ2n) is 3.23. The second-order valence-corrected chi connectivity index (χ2v) is 4.02. The van der Waals surface area contributed by atoms with Gasteiger partial charge in [0, 0.05) is 0 Å². The molecule has 0 saturated carbocycles. The molecule has 72 valence electrons. The lowest BCUT2D eigenvalue weighted by molar-refractivity contribution is 0.715. The summed E-state index contributed by atoms with van der Waals surface area (Å²) >= 11 is 1.46. The maximum absolute atomic E-state index is 3.99. The van der Waals surface area contributed by atoms with Crippen LogP contribution in [0, 0.1) is 6.92 Å². The lowest BCUT2D eigenvalue weighted by atomic mass is 10.1. The first-order valence-corrected chi connectivity index (χ1v) is 5.03. The van der Waals surface area contributed by atoms with Gasteiger partial charge in [-0.3, -0.25) is 0 Å². The summed E-state index contributed by atoms with van der Waals surface area (Å²) in [6.45, 7) is 6.17. The zero-order valence-electron chi connectivity index (χ0n) is 8.46. The fourth-order valence-electron chi connectivity index (χ4n) is 1.15. The van der Waals surface area contributed by atoms with Gasteiger partial charge in [0.2, 0.25) is 0 Å². The minimum absolute atomic E-state index is 0.255. The molecule has 1 atom stereocenters. The Balaban J connectivity index is 2.91. The Morgan fingerprint density at radius 3 is 2.62 bits per heavy atom. The van der Waals surface area contributed by atoms with Gasteiger partial charge >= 0.3 is 0 Å². The summed E-state index contributed by atoms with van der Waals surface area (Å²) < 4.78 is 3.92. The van der Waals surface area contributed by atoms with E-state index in [-0.39, 0.29) is 6.04 Å². The summed E-state index contributed by atoms with van der Waals surface area (Å²) in [7, 11) is 1.95. The molecule has 0 aromatic carbocycles. The maximum atomic E-state index is 3.99. The van der Waals surface area contributed by atoms with Crippen molar-refractivity contribution in [2.75, 3.05) is 7.05 Å². The van der Waals surface area contributed by atoms with E-state index >= 15 is 0 Å². The van der Waals surface area contributed by atoms with Crippen LogP contribution in [-0.2, 0) is 0 Å². The van der Waals surface area contributed by atoms with Crippen molar-refractivity contribution in [3.8, 4) is 0 Å². The number of likely N-dealkylation sites (N-methyl/N-ethyl adjacent to an activating group) is 1. The van der Waals surface area contributed by atoms with E-state index in [0.717, 1.165) is 5.69 Å². The topological polar surface area (TPSA) is 37.8 Å². The molecule has 1 rings (SSSR count). The van der Waals surface area contributed by atoms with Gasteiger partial charge in [-0.1, -0.05) is 16.1 Å². The highest BCUT2D eigenvalue weighted by Gasteiger charge is 2.12. The Morgan fingerprint density at radius 2 is 2.23 bits per heavy atom. The molecule has 0 amide bonds. The summed E-state index contributed by atoms with van der Waals surface area (Å²) in [6, 6.07) is 0.255. The normalized spacial score (nSPS) is 12.6. The van der Waals surface area contributed by atoms with Crippen molar-refractivity contribution in [1.82, 2.24) is 14.9 Å². The average molecular weight is 197 g/mol. The molecule has 1 heterocycles. The molecule has 1 aromatic heterocycles. The first-order valence-electron chi connectivity index (χ1n) is 4.26. The van der Waals surface area contributed by atoms with Crippen LogP contribution in [0.5, 0.6) is 0 Å². The average Bonchev–Trinajstić information content (AvgIpc) is 2.47. The third kappa shape index (κ3) is 2.60. The minimum atomic E-state index is 0.255. The molecule has 0 saturated heterocycles. The van der Waals surface area contributed by atoms with Crippen molar-refractivity contribution in [3.05, 3.63) is 22.2 Å². The van der Waals surface area contributed by atoms with Crippen LogP contribution >= 0.6 is 11.5 Å². The summed E-state index contributed by atoms with van der Waals surface area (Å²) in [5, 5.41) is 7.22. The maximum Gasteiger partial charge on any atom is 0.0776 e. The molecule has 0 spiro atoms. The summed E-state index contributed by atoms with van der Waals surface area (Å²) in [6.07, 6.45) is 2.18. The summed E-state index contributed by atoms with van der Waals surface area (Å²) in [5.41, 5.74) is 2.31. The van der Waals surface area contributed by atoms with Crippen LogP contribution < -0.4 is 5.32 Å². The predicted molar refractivity (Wildman–Crippen MR) is 55.9 cm³/mol. The lowest BCUT2D eigenvalue weighted by Gasteiger charge is -2.09. The Kier molecular flexibility index (Phi) is 3.57. The molecule has 1 unspecified atom stereocenters. The lowest BCUT2D eigenvalue weighted by Crippen LogP contribution is -2.13. The Morgan fingerprint density at radius 1 is 1.54 bits per heavy atom. The van der Waals surface area contributed by atoms with Crippen LogP contribution in [0.25, 0.3) is 0 Å². The van der Waals surface area contributed by atoms with Crippen molar-refractivity contribution >= 4 is 11.5 Å². The zero-order chi connectivity index (χ0) is 9.84. The van der Waals surface area contributed by atoms with E-state index in [9.17, 15) is 0 Å². The first kappa shape index (κ1) is 10.3. The van der Waals surface area contributed by atoms with Gasteiger partial charge in [0.05, 0.1) is 16.6 Å². The van der Waals surface area contributed by atoms with Gasteiger partial charge in [-0.25, -0.2) is 0 Å². The van der Waals surface area contributed by atoms with Crippen LogP contribution in [0.4, 0.5) is 0 Å². The smallest absolute Gasteiger partial charge is 0.0776 e. The Bertz CT molecular complexity index is 300. The van der Waals surface area contributed by atoms with Gasteiger partial charge in [-0.2, -0.15) is 0 Å². The summed E-state index contributed by atoms with van der Waals surface area (Å²) in [5.74, 6) is 0. The third-order valence-electron chi connectivity index (χ3n) is 1.78. The van der Waals surface area contributed by atoms with Gasteiger partial charge in [0.25, 0.3) is 0 Å². The predicted octanol–water partition coefficient (Wildman–Crippen LogP) is 2.07. The standard InChI is InChI=1S/C9H15N3S/c1-6(2)5-8(10-4)9-7(3)11-12-13-9/h5,8,10H,1-4H3. The second kappa shape index (κ2) is 4.48. The van der Waals surface area contributed by atoms with Crippen molar-refractivity contribution in [2.45, 2.75) is 26.8 Å². The third-order valence-corrected chi connectivity index (χ3v) is 2.69. The van der Waals surface area contributed by atoms with E-state index < -0.39 is 0 Å². The highest BCUT2D eigenvalue weighted by Crippen LogP contribution is 2.21. The molecule has 1 aromatic rings. The van der Waals surface area contributed by atoms with Crippen LogP contribution in [-0.4, -0.2) is 16.6 Å². The first-order chi connectivity index (χ1) is 6.15. The Labute approximate surface area is 83.0 Å². The number of hydrogen-bond acceptors (Lipinski definition) is 4. The number of nitrogens with zero attached hydrogens (tertiary/aromatic N) is 2. The molecular formula is C9H15N3S. The molecule has 0 aliphatic carbocycles. The largest absolute Gasteiger partial charge is 0.309 e. The quantitative estimate of drug-likeness (QED) is 0.754. The van der Waals surface area contributed by atoms with E-state index in [1.807, 2.05) is 14.0 Å². The van der Waals surface area contributed by atoms with Crippen LogP contribution in [0.15, 0.2) is 11.6 Å². The van der Waals surface area contributed by atoms with Crippen LogP contribution in [0.1, 0.15) is 30.5 Å².